The molecule has 0 saturated heterocycles. The van der Waals surface area contributed by atoms with Crippen LogP contribution in [0, 0.1) is 6.92 Å². The van der Waals surface area contributed by atoms with Gasteiger partial charge in [0.25, 0.3) is 0 Å². The van der Waals surface area contributed by atoms with Crippen LogP contribution in [0.25, 0.3) is 11.0 Å². The van der Waals surface area contributed by atoms with E-state index in [1.54, 1.807) is 0 Å². The predicted molar refractivity (Wildman–Crippen MR) is 133 cm³/mol. The monoisotopic (exact) mass is 461 g/mol. The minimum Gasteiger partial charge on any atom is -0.492 e. The second kappa shape index (κ2) is 10.5. The quantitative estimate of drug-likeness (QED) is 0.316. The normalized spacial score (nSPS) is 12.0. The lowest BCUT2D eigenvalue weighted by Gasteiger charge is -2.17. The maximum Gasteiger partial charge on any atom is 0.225 e. The zero-order chi connectivity index (χ0) is 23.2. The van der Waals surface area contributed by atoms with Crippen molar-refractivity contribution in [3.8, 4) is 5.75 Å². The topological polar surface area (TPSA) is 56.2 Å². The standard InChI is InChI=1S/C27H28ClN3O2/c1-19-10-3-4-11-21(19)18-26(32)29-20(2)27-30-23-13-6-7-14-24(23)31(27)16-9-17-33-25-15-8-5-12-22(25)28/h3-8,10-15,20H,9,16-18H2,1-2H3,(H,29,32). The van der Waals surface area contributed by atoms with Gasteiger partial charge in [-0.2, -0.15) is 0 Å². The molecule has 1 amide bonds. The van der Waals surface area contributed by atoms with Crippen molar-refractivity contribution in [2.75, 3.05) is 6.61 Å². The Labute approximate surface area is 199 Å². The number of ether oxygens (including phenoxy) is 1. The Morgan fingerprint density at radius 1 is 1.06 bits per heavy atom. The SMILES string of the molecule is Cc1ccccc1CC(=O)NC(C)c1nc2ccccc2n1CCCOc1ccccc1Cl. The van der Waals surface area contributed by atoms with E-state index in [9.17, 15) is 4.79 Å². The van der Waals surface area contributed by atoms with Gasteiger partial charge in [0.2, 0.25) is 5.91 Å². The van der Waals surface area contributed by atoms with Crippen molar-refractivity contribution in [1.82, 2.24) is 14.9 Å². The molecule has 0 aliphatic rings. The lowest BCUT2D eigenvalue weighted by molar-refractivity contribution is -0.121. The Balaban J connectivity index is 1.45. The van der Waals surface area contributed by atoms with Gasteiger partial charge in [0.15, 0.2) is 0 Å². The molecule has 33 heavy (non-hydrogen) atoms. The first kappa shape index (κ1) is 22.9. The summed E-state index contributed by atoms with van der Waals surface area (Å²) in [4.78, 5) is 17.6. The lowest BCUT2D eigenvalue weighted by atomic mass is 10.1. The van der Waals surface area contributed by atoms with Crippen molar-refractivity contribution in [3.63, 3.8) is 0 Å². The van der Waals surface area contributed by atoms with Crippen molar-refractivity contribution in [3.05, 3.63) is 94.8 Å². The number of benzene rings is 3. The molecule has 0 aliphatic carbocycles. The van der Waals surface area contributed by atoms with Crippen molar-refractivity contribution in [1.29, 1.82) is 0 Å². The van der Waals surface area contributed by atoms with Crippen molar-refractivity contribution in [2.45, 2.75) is 39.3 Å². The van der Waals surface area contributed by atoms with Crippen LogP contribution >= 0.6 is 11.6 Å². The third kappa shape index (κ3) is 5.55. The molecule has 4 rings (SSSR count). The van der Waals surface area contributed by atoms with Gasteiger partial charge in [0.05, 0.1) is 35.1 Å². The number of para-hydroxylation sites is 3. The fraction of sp³-hybridized carbons (Fsp3) is 0.259. The zero-order valence-electron chi connectivity index (χ0n) is 18.9. The number of carbonyl (C=O) groups is 1. The van der Waals surface area contributed by atoms with E-state index >= 15 is 0 Å². The molecule has 1 unspecified atom stereocenters. The summed E-state index contributed by atoms with van der Waals surface area (Å²) in [5.41, 5.74) is 4.11. The van der Waals surface area contributed by atoms with E-state index in [4.69, 9.17) is 21.3 Å². The fourth-order valence-corrected chi connectivity index (χ4v) is 4.16. The number of aromatic nitrogens is 2. The van der Waals surface area contributed by atoms with E-state index in [2.05, 4.69) is 16.0 Å². The smallest absolute Gasteiger partial charge is 0.225 e. The van der Waals surface area contributed by atoms with Gasteiger partial charge in [-0.3, -0.25) is 4.79 Å². The Kier molecular flexibility index (Phi) is 7.30. The van der Waals surface area contributed by atoms with Crippen molar-refractivity contribution >= 4 is 28.5 Å². The number of fused-ring (bicyclic) bond motifs is 1. The molecule has 5 nitrogen and oxygen atoms in total. The van der Waals surface area contributed by atoms with E-state index < -0.39 is 0 Å². The Morgan fingerprint density at radius 3 is 2.61 bits per heavy atom. The number of rotatable bonds is 9. The second-order valence-corrected chi connectivity index (χ2v) is 8.54. The Morgan fingerprint density at radius 2 is 1.79 bits per heavy atom. The van der Waals surface area contributed by atoms with Crippen LogP contribution in [0.2, 0.25) is 5.02 Å². The molecule has 0 fully saturated rings. The first-order valence-corrected chi connectivity index (χ1v) is 11.6. The van der Waals surface area contributed by atoms with Gasteiger partial charge in [0, 0.05) is 6.54 Å². The summed E-state index contributed by atoms with van der Waals surface area (Å²) in [6, 6.07) is 23.3. The van der Waals surface area contributed by atoms with Crippen LogP contribution in [0.5, 0.6) is 5.75 Å². The largest absolute Gasteiger partial charge is 0.492 e. The number of carbonyl (C=O) groups excluding carboxylic acids is 1. The van der Waals surface area contributed by atoms with Gasteiger partial charge in [-0.1, -0.05) is 60.1 Å². The minimum absolute atomic E-state index is 0.0162. The minimum atomic E-state index is -0.224. The highest BCUT2D eigenvalue weighted by molar-refractivity contribution is 6.32. The first-order chi connectivity index (χ1) is 16.0. The number of nitrogens with one attached hydrogen (secondary N) is 1. The molecule has 1 atom stereocenters. The fourth-order valence-electron chi connectivity index (χ4n) is 3.96. The highest BCUT2D eigenvalue weighted by Gasteiger charge is 2.19. The van der Waals surface area contributed by atoms with Crippen LogP contribution in [0.15, 0.2) is 72.8 Å². The first-order valence-electron chi connectivity index (χ1n) is 11.2. The van der Waals surface area contributed by atoms with Gasteiger partial charge in [-0.25, -0.2) is 4.98 Å². The van der Waals surface area contributed by atoms with Crippen LogP contribution in [0.3, 0.4) is 0 Å². The van der Waals surface area contributed by atoms with E-state index in [0.29, 0.717) is 23.8 Å². The Hall–Kier alpha value is -3.31. The molecular weight excluding hydrogens is 434 g/mol. The highest BCUT2D eigenvalue weighted by Crippen LogP contribution is 2.24. The average molecular weight is 462 g/mol. The maximum absolute atomic E-state index is 12.7. The van der Waals surface area contributed by atoms with Gasteiger partial charge in [-0.15, -0.1) is 0 Å². The molecular formula is C27H28ClN3O2. The summed E-state index contributed by atoms with van der Waals surface area (Å²) in [6.45, 7) is 5.26. The number of halogens is 1. The van der Waals surface area contributed by atoms with E-state index in [1.165, 1.54) is 0 Å². The number of imidazole rings is 1. The molecule has 0 bridgehead atoms. The number of nitrogens with zero attached hydrogens (tertiary/aromatic N) is 2. The van der Waals surface area contributed by atoms with Gasteiger partial charge >= 0.3 is 0 Å². The molecule has 4 aromatic rings. The Bertz CT molecular complexity index is 1250. The predicted octanol–water partition coefficient (Wildman–Crippen LogP) is 5.89. The highest BCUT2D eigenvalue weighted by atomic mass is 35.5. The third-order valence-corrected chi connectivity index (χ3v) is 5.99. The number of aryl methyl sites for hydroxylation is 2. The van der Waals surface area contributed by atoms with E-state index in [1.807, 2.05) is 80.6 Å². The van der Waals surface area contributed by atoms with Gasteiger partial charge < -0.3 is 14.6 Å². The van der Waals surface area contributed by atoms with Crippen LogP contribution in [-0.2, 0) is 17.8 Å². The van der Waals surface area contributed by atoms with Gasteiger partial charge in [-0.05, 0) is 55.7 Å². The summed E-state index contributed by atoms with van der Waals surface area (Å²) in [5, 5.41) is 3.73. The van der Waals surface area contributed by atoms with Crippen LogP contribution in [0.4, 0.5) is 0 Å². The van der Waals surface area contributed by atoms with Crippen LogP contribution in [0.1, 0.15) is 36.3 Å². The molecule has 0 aliphatic heterocycles. The molecule has 3 aromatic carbocycles. The van der Waals surface area contributed by atoms with Crippen molar-refractivity contribution in [2.24, 2.45) is 0 Å². The number of amides is 1. The van der Waals surface area contributed by atoms with Crippen LogP contribution < -0.4 is 10.1 Å². The summed E-state index contributed by atoms with van der Waals surface area (Å²) in [6.07, 6.45) is 1.13. The summed E-state index contributed by atoms with van der Waals surface area (Å²) < 4.78 is 8.02. The molecule has 6 heteroatoms. The van der Waals surface area contributed by atoms with E-state index in [-0.39, 0.29) is 11.9 Å². The second-order valence-electron chi connectivity index (χ2n) is 8.14. The molecule has 170 valence electrons. The number of hydrogen-bond acceptors (Lipinski definition) is 3. The van der Waals surface area contributed by atoms with Crippen LogP contribution in [-0.4, -0.2) is 22.1 Å². The number of hydrogen-bond donors (Lipinski definition) is 1. The summed E-state index contributed by atoms with van der Waals surface area (Å²) in [5.74, 6) is 1.51. The van der Waals surface area contributed by atoms with E-state index in [0.717, 1.165) is 41.0 Å². The third-order valence-electron chi connectivity index (χ3n) is 5.68. The van der Waals surface area contributed by atoms with Gasteiger partial charge in [0.1, 0.15) is 11.6 Å². The maximum atomic E-state index is 12.7. The molecule has 1 aromatic heterocycles. The average Bonchev–Trinajstić information content (AvgIpc) is 3.18. The molecule has 0 spiro atoms. The molecule has 1 N–H and O–H groups in total. The summed E-state index contributed by atoms with van der Waals surface area (Å²) in [7, 11) is 0. The molecule has 1 heterocycles. The lowest BCUT2D eigenvalue weighted by Crippen LogP contribution is -2.30. The molecule has 0 radical (unpaired) electrons. The summed E-state index contributed by atoms with van der Waals surface area (Å²) >= 11 is 6.18. The molecule has 0 saturated carbocycles. The zero-order valence-corrected chi connectivity index (χ0v) is 19.7. The van der Waals surface area contributed by atoms with Crippen molar-refractivity contribution < 1.29 is 9.53 Å².